The van der Waals surface area contributed by atoms with Gasteiger partial charge in [0.15, 0.2) is 0 Å². The molecule has 28 heavy (non-hydrogen) atoms. The van der Waals surface area contributed by atoms with Crippen LogP contribution in [0, 0.1) is 29.5 Å². The fraction of sp³-hybridized carbons (Fsp3) is 0.704. The highest BCUT2D eigenvalue weighted by molar-refractivity contribution is 5.30. The summed E-state index contributed by atoms with van der Waals surface area (Å²) >= 11 is 0. The van der Waals surface area contributed by atoms with Gasteiger partial charge in [0.1, 0.15) is 5.82 Å². The average Bonchev–Trinajstić information content (AvgIpc) is 2.75. The van der Waals surface area contributed by atoms with Gasteiger partial charge in [0.25, 0.3) is 0 Å². The zero-order chi connectivity index (χ0) is 19.5. The lowest BCUT2D eigenvalue weighted by Crippen LogP contribution is -2.25. The van der Waals surface area contributed by atoms with E-state index in [2.05, 4.69) is 31.7 Å². The SMILES string of the molecule is C=CC1CCC(C2CCC(c3ccc(C4CCC(C)CC4)c(F)c3)CC2)CC1. The van der Waals surface area contributed by atoms with E-state index < -0.39 is 0 Å². The van der Waals surface area contributed by atoms with Crippen LogP contribution in [0.1, 0.15) is 107 Å². The Morgan fingerprint density at radius 2 is 1.36 bits per heavy atom. The van der Waals surface area contributed by atoms with Crippen LogP contribution in [0.2, 0.25) is 0 Å². The molecule has 3 aliphatic rings. The van der Waals surface area contributed by atoms with Crippen LogP contribution in [0.15, 0.2) is 30.9 Å². The van der Waals surface area contributed by atoms with Crippen molar-refractivity contribution in [1.29, 1.82) is 0 Å². The van der Waals surface area contributed by atoms with Gasteiger partial charge < -0.3 is 0 Å². The van der Waals surface area contributed by atoms with Crippen molar-refractivity contribution in [1.82, 2.24) is 0 Å². The molecule has 3 fully saturated rings. The molecule has 3 saturated carbocycles. The Morgan fingerprint density at radius 3 is 1.93 bits per heavy atom. The van der Waals surface area contributed by atoms with E-state index in [0.717, 1.165) is 42.1 Å². The maximum absolute atomic E-state index is 14.9. The van der Waals surface area contributed by atoms with E-state index in [9.17, 15) is 4.39 Å². The molecular weight excluding hydrogens is 343 g/mol. The predicted octanol–water partition coefficient (Wildman–Crippen LogP) is 8.39. The second kappa shape index (κ2) is 9.14. The predicted molar refractivity (Wildman–Crippen MR) is 117 cm³/mol. The fourth-order valence-electron chi connectivity index (χ4n) is 6.48. The molecule has 0 N–H and O–H groups in total. The van der Waals surface area contributed by atoms with Gasteiger partial charge >= 0.3 is 0 Å². The topological polar surface area (TPSA) is 0 Å². The average molecular weight is 383 g/mol. The van der Waals surface area contributed by atoms with Crippen LogP contribution in [0.4, 0.5) is 4.39 Å². The summed E-state index contributed by atoms with van der Waals surface area (Å²) in [5, 5.41) is 0. The molecule has 1 aromatic carbocycles. The molecule has 0 nitrogen and oxygen atoms in total. The van der Waals surface area contributed by atoms with Crippen LogP contribution < -0.4 is 0 Å². The van der Waals surface area contributed by atoms with Crippen molar-refractivity contribution in [3.63, 3.8) is 0 Å². The standard InChI is InChI=1S/C27H39F/c1-3-20-6-10-21(11-7-20)22-12-14-23(15-13-22)25-16-17-26(27(28)18-25)24-8-4-19(2)5-9-24/h3,16-24H,1,4-15H2,2H3. The summed E-state index contributed by atoms with van der Waals surface area (Å²) < 4.78 is 14.9. The van der Waals surface area contributed by atoms with E-state index in [1.165, 1.54) is 69.8 Å². The minimum absolute atomic E-state index is 0.0712. The maximum Gasteiger partial charge on any atom is 0.126 e. The van der Waals surface area contributed by atoms with Crippen LogP contribution in [0.3, 0.4) is 0 Å². The van der Waals surface area contributed by atoms with Crippen LogP contribution in [-0.2, 0) is 0 Å². The quantitative estimate of drug-likeness (QED) is 0.459. The largest absolute Gasteiger partial charge is 0.207 e. The van der Waals surface area contributed by atoms with Crippen molar-refractivity contribution in [3.8, 4) is 0 Å². The van der Waals surface area contributed by atoms with Crippen molar-refractivity contribution >= 4 is 0 Å². The zero-order valence-corrected chi connectivity index (χ0v) is 17.8. The Morgan fingerprint density at radius 1 is 0.786 bits per heavy atom. The highest BCUT2D eigenvalue weighted by Crippen LogP contribution is 2.44. The molecule has 0 amide bonds. The third kappa shape index (κ3) is 4.55. The number of allylic oxidation sites excluding steroid dienone is 1. The number of hydrogen-bond donors (Lipinski definition) is 0. The first kappa shape index (κ1) is 20.2. The smallest absolute Gasteiger partial charge is 0.126 e. The van der Waals surface area contributed by atoms with E-state index in [4.69, 9.17) is 0 Å². The number of rotatable bonds is 4. The molecule has 0 heterocycles. The van der Waals surface area contributed by atoms with Gasteiger partial charge in [0, 0.05) is 0 Å². The Kier molecular flexibility index (Phi) is 6.59. The Labute approximate surface area is 172 Å². The number of halogens is 1. The Hall–Kier alpha value is -1.11. The maximum atomic E-state index is 14.9. The lowest BCUT2D eigenvalue weighted by Gasteiger charge is -2.37. The van der Waals surface area contributed by atoms with Crippen LogP contribution in [0.25, 0.3) is 0 Å². The van der Waals surface area contributed by atoms with Crippen LogP contribution in [-0.4, -0.2) is 0 Å². The van der Waals surface area contributed by atoms with Gasteiger partial charge in [-0.05, 0) is 117 Å². The van der Waals surface area contributed by atoms with E-state index in [-0.39, 0.29) is 5.82 Å². The summed E-state index contributed by atoms with van der Waals surface area (Å²) in [4.78, 5) is 0. The molecule has 4 rings (SSSR count). The molecule has 0 spiro atoms. The van der Waals surface area contributed by atoms with Crippen molar-refractivity contribution in [2.75, 3.05) is 0 Å². The fourth-order valence-corrected chi connectivity index (χ4v) is 6.48. The molecule has 0 unspecified atom stereocenters. The minimum Gasteiger partial charge on any atom is -0.207 e. The zero-order valence-electron chi connectivity index (χ0n) is 17.8. The van der Waals surface area contributed by atoms with Crippen LogP contribution >= 0.6 is 0 Å². The highest BCUT2D eigenvalue weighted by Gasteiger charge is 2.31. The van der Waals surface area contributed by atoms with Gasteiger partial charge in [-0.15, -0.1) is 6.58 Å². The molecule has 0 saturated heterocycles. The molecule has 0 atom stereocenters. The van der Waals surface area contributed by atoms with E-state index in [1.807, 2.05) is 6.07 Å². The molecule has 3 aliphatic carbocycles. The highest BCUT2D eigenvalue weighted by atomic mass is 19.1. The molecule has 1 heteroatoms. The van der Waals surface area contributed by atoms with E-state index >= 15 is 0 Å². The van der Waals surface area contributed by atoms with Crippen molar-refractivity contribution in [3.05, 3.63) is 47.8 Å². The Balaban J connectivity index is 1.32. The van der Waals surface area contributed by atoms with Gasteiger partial charge in [-0.1, -0.05) is 38.0 Å². The lowest BCUT2D eigenvalue weighted by atomic mass is 9.68. The van der Waals surface area contributed by atoms with E-state index in [0.29, 0.717) is 11.8 Å². The second-order valence-corrected chi connectivity index (χ2v) is 10.3. The van der Waals surface area contributed by atoms with Gasteiger partial charge in [-0.3, -0.25) is 0 Å². The molecular formula is C27H39F. The van der Waals surface area contributed by atoms with Crippen LogP contribution in [0.5, 0.6) is 0 Å². The summed E-state index contributed by atoms with van der Waals surface area (Å²) in [7, 11) is 0. The molecule has 0 aromatic heterocycles. The number of benzene rings is 1. The third-order valence-electron chi connectivity index (χ3n) is 8.54. The molecule has 154 valence electrons. The lowest BCUT2D eigenvalue weighted by molar-refractivity contribution is 0.171. The Bertz CT molecular complexity index is 638. The van der Waals surface area contributed by atoms with Gasteiger partial charge in [0.2, 0.25) is 0 Å². The summed E-state index contributed by atoms with van der Waals surface area (Å²) in [5.41, 5.74) is 2.25. The van der Waals surface area contributed by atoms with Crippen molar-refractivity contribution < 1.29 is 4.39 Å². The third-order valence-corrected chi connectivity index (χ3v) is 8.54. The molecule has 0 bridgehead atoms. The van der Waals surface area contributed by atoms with Gasteiger partial charge in [0.05, 0.1) is 0 Å². The molecule has 1 aromatic rings. The first-order chi connectivity index (χ1) is 13.6. The van der Waals surface area contributed by atoms with Gasteiger partial charge in [-0.2, -0.15) is 0 Å². The number of hydrogen-bond acceptors (Lipinski definition) is 0. The van der Waals surface area contributed by atoms with Crippen molar-refractivity contribution in [2.45, 2.75) is 95.8 Å². The molecule has 0 radical (unpaired) electrons. The monoisotopic (exact) mass is 382 g/mol. The summed E-state index contributed by atoms with van der Waals surface area (Å²) in [5.74, 6) is 4.53. The minimum atomic E-state index is 0.0712. The van der Waals surface area contributed by atoms with E-state index in [1.54, 1.807) is 0 Å². The first-order valence-electron chi connectivity index (χ1n) is 12.1. The van der Waals surface area contributed by atoms with Crippen molar-refractivity contribution in [2.24, 2.45) is 23.7 Å². The molecule has 0 aliphatic heterocycles. The first-order valence-corrected chi connectivity index (χ1v) is 12.1. The van der Waals surface area contributed by atoms with Gasteiger partial charge in [-0.25, -0.2) is 4.39 Å². The summed E-state index contributed by atoms with van der Waals surface area (Å²) in [6, 6.07) is 6.29. The normalized spacial score (nSPS) is 36.8. The summed E-state index contributed by atoms with van der Waals surface area (Å²) in [6.07, 6.45) is 17.7. The second-order valence-electron chi connectivity index (χ2n) is 10.3. The summed E-state index contributed by atoms with van der Waals surface area (Å²) in [6.45, 7) is 6.31.